The summed E-state index contributed by atoms with van der Waals surface area (Å²) in [6.07, 6.45) is 3.61. The summed E-state index contributed by atoms with van der Waals surface area (Å²) in [5.41, 5.74) is 2.51. The number of benzene rings is 1. The number of alkyl halides is 1. The Morgan fingerprint density at radius 2 is 1.95 bits per heavy atom. The Hall–Kier alpha value is -0.990. The van der Waals surface area contributed by atoms with E-state index in [9.17, 15) is 0 Å². The molecule has 1 atom stereocenters. The molecule has 0 radical (unpaired) electrons. The Morgan fingerprint density at radius 3 is 2.58 bits per heavy atom. The van der Waals surface area contributed by atoms with Crippen LogP contribution < -0.4 is 4.74 Å². The van der Waals surface area contributed by atoms with E-state index in [1.54, 1.807) is 18.4 Å². The summed E-state index contributed by atoms with van der Waals surface area (Å²) in [5, 5.41) is 1.88. The average Bonchev–Trinajstić information content (AvgIpc) is 2.93. The van der Waals surface area contributed by atoms with E-state index >= 15 is 0 Å². The first kappa shape index (κ1) is 14.4. The Kier molecular flexibility index (Phi) is 5.29. The van der Waals surface area contributed by atoms with Gasteiger partial charge in [0.2, 0.25) is 0 Å². The van der Waals surface area contributed by atoms with Crippen molar-refractivity contribution in [1.29, 1.82) is 0 Å². The number of thiophene rings is 1. The summed E-state index contributed by atoms with van der Waals surface area (Å²) in [5.74, 6) is 0.875. The summed E-state index contributed by atoms with van der Waals surface area (Å²) in [6.45, 7) is 2.21. The first-order chi connectivity index (χ1) is 9.26. The van der Waals surface area contributed by atoms with Crippen LogP contribution in [0.2, 0.25) is 0 Å². The maximum atomic E-state index is 6.54. The van der Waals surface area contributed by atoms with Gasteiger partial charge in [0.15, 0.2) is 0 Å². The molecular weight excluding hydrogens is 276 g/mol. The molecule has 2 rings (SSSR count). The monoisotopic (exact) mass is 294 g/mol. The maximum absolute atomic E-state index is 6.54. The minimum Gasteiger partial charge on any atom is -0.496 e. The minimum absolute atomic E-state index is 0.129. The zero-order chi connectivity index (χ0) is 13.7. The molecule has 1 unspecified atom stereocenters. The van der Waals surface area contributed by atoms with Crippen molar-refractivity contribution < 1.29 is 4.74 Å². The molecule has 19 heavy (non-hydrogen) atoms. The fraction of sp³-hybridized carbons (Fsp3) is 0.375. The Balaban J connectivity index is 2.13. The van der Waals surface area contributed by atoms with Crippen LogP contribution in [0.3, 0.4) is 0 Å². The Morgan fingerprint density at radius 1 is 1.21 bits per heavy atom. The van der Waals surface area contributed by atoms with Crippen molar-refractivity contribution in [2.24, 2.45) is 0 Å². The molecule has 0 fully saturated rings. The highest BCUT2D eigenvalue weighted by atomic mass is 35.5. The number of methoxy groups -OCH3 is 1. The van der Waals surface area contributed by atoms with Crippen molar-refractivity contribution in [3.8, 4) is 5.75 Å². The van der Waals surface area contributed by atoms with Crippen molar-refractivity contribution in [1.82, 2.24) is 0 Å². The largest absolute Gasteiger partial charge is 0.496 e. The van der Waals surface area contributed by atoms with Crippen LogP contribution in [0.15, 0.2) is 35.7 Å². The minimum atomic E-state index is -0.129. The van der Waals surface area contributed by atoms with Gasteiger partial charge in [-0.15, -0.1) is 22.9 Å². The molecular formula is C16H19ClOS. The van der Waals surface area contributed by atoms with Crippen LogP contribution in [-0.2, 0) is 6.42 Å². The second kappa shape index (κ2) is 6.97. The third-order valence-corrected chi connectivity index (χ3v) is 4.76. The van der Waals surface area contributed by atoms with Crippen LogP contribution in [-0.4, -0.2) is 7.11 Å². The number of aryl methyl sites for hydroxylation is 1. The zero-order valence-electron chi connectivity index (χ0n) is 11.4. The van der Waals surface area contributed by atoms with Crippen LogP contribution in [0.5, 0.6) is 5.75 Å². The lowest BCUT2D eigenvalue weighted by molar-refractivity contribution is 0.413. The van der Waals surface area contributed by atoms with E-state index in [0.29, 0.717) is 0 Å². The Labute approximate surface area is 124 Å². The topological polar surface area (TPSA) is 9.23 Å². The predicted molar refractivity (Wildman–Crippen MR) is 83.6 cm³/mol. The number of halogens is 1. The quantitative estimate of drug-likeness (QED) is 0.646. The summed E-state index contributed by atoms with van der Waals surface area (Å²) >= 11 is 8.18. The van der Waals surface area contributed by atoms with E-state index in [-0.39, 0.29) is 5.38 Å². The first-order valence-electron chi connectivity index (χ1n) is 6.60. The fourth-order valence-electron chi connectivity index (χ4n) is 2.05. The first-order valence-corrected chi connectivity index (χ1v) is 7.92. The van der Waals surface area contributed by atoms with Gasteiger partial charge in [0.25, 0.3) is 0 Å². The lowest BCUT2D eigenvalue weighted by Crippen LogP contribution is -1.94. The predicted octanol–water partition coefficient (Wildman–Crippen LogP) is 5.43. The molecule has 1 aromatic carbocycles. The van der Waals surface area contributed by atoms with Crippen LogP contribution in [0.1, 0.15) is 41.1 Å². The molecule has 0 aliphatic heterocycles. The number of hydrogen-bond acceptors (Lipinski definition) is 2. The van der Waals surface area contributed by atoms with Gasteiger partial charge in [-0.1, -0.05) is 37.6 Å². The van der Waals surface area contributed by atoms with Crippen molar-refractivity contribution in [3.05, 3.63) is 51.7 Å². The van der Waals surface area contributed by atoms with Gasteiger partial charge in [-0.2, -0.15) is 0 Å². The molecule has 0 aliphatic rings. The van der Waals surface area contributed by atoms with Crippen LogP contribution in [0, 0.1) is 0 Å². The highest BCUT2D eigenvalue weighted by Crippen LogP contribution is 2.38. The smallest absolute Gasteiger partial charge is 0.134 e. The summed E-state index contributed by atoms with van der Waals surface area (Å²) in [7, 11) is 1.68. The molecule has 102 valence electrons. The number of hydrogen-bond donors (Lipinski definition) is 0. The molecule has 1 nitrogen and oxygen atoms in total. The second-order valence-corrected chi connectivity index (χ2v) is 5.95. The van der Waals surface area contributed by atoms with Crippen LogP contribution in [0.25, 0.3) is 0 Å². The van der Waals surface area contributed by atoms with Gasteiger partial charge in [0.1, 0.15) is 5.75 Å². The fourth-order valence-corrected chi connectivity index (χ4v) is 3.32. The molecule has 1 aromatic heterocycles. The number of rotatable bonds is 6. The van der Waals surface area contributed by atoms with E-state index in [0.717, 1.165) is 22.6 Å². The van der Waals surface area contributed by atoms with Gasteiger partial charge in [0, 0.05) is 0 Å². The second-order valence-electron chi connectivity index (χ2n) is 4.56. The molecule has 3 heteroatoms. The van der Waals surface area contributed by atoms with Crippen molar-refractivity contribution in [3.63, 3.8) is 0 Å². The molecule has 0 amide bonds. The third kappa shape index (κ3) is 3.52. The molecule has 1 heterocycles. The molecule has 0 saturated carbocycles. The molecule has 0 N–H and O–H groups in total. The lowest BCUT2D eigenvalue weighted by atomic mass is 10.0. The highest BCUT2D eigenvalue weighted by Gasteiger charge is 2.16. The van der Waals surface area contributed by atoms with Crippen molar-refractivity contribution >= 4 is 22.9 Å². The summed E-state index contributed by atoms with van der Waals surface area (Å²) < 4.78 is 5.33. The van der Waals surface area contributed by atoms with Gasteiger partial charge >= 0.3 is 0 Å². The van der Waals surface area contributed by atoms with E-state index in [2.05, 4.69) is 31.2 Å². The zero-order valence-corrected chi connectivity index (χ0v) is 12.9. The summed E-state index contributed by atoms with van der Waals surface area (Å²) in [6, 6.07) is 10.6. The molecule has 0 spiro atoms. The lowest BCUT2D eigenvalue weighted by Gasteiger charge is -2.11. The molecule has 2 aromatic rings. The molecule has 0 bridgehead atoms. The van der Waals surface area contributed by atoms with Crippen LogP contribution in [0.4, 0.5) is 0 Å². The van der Waals surface area contributed by atoms with Gasteiger partial charge in [0.05, 0.1) is 17.4 Å². The number of unbranched alkanes of at least 4 members (excludes halogenated alkanes) is 1. The van der Waals surface area contributed by atoms with Crippen LogP contribution >= 0.6 is 22.9 Å². The SMILES string of the molecule is CCCCc1ccc(C(Cl)c2sccc2OC)cc1. The van der Waals surface area contributed by atoms with E-state index in [1.165, 1.54) is 18.4 Å². The third-order valence-electron chi connectivity index (χ3n) is 3.20. The van der Waals surface area contributed by atoms with Crippen molar-refractivity contribution in [2.75, 3.05) is 7.11 Å². The van der Waals surface area contributed by atoms with Gasteiger partial charge in [-0.05, 0) is 35.4 Å². The van der Waals surface area contributed by atoms with Gasteiger partial charge < -0.3 is 4.74 Å². The maximum Gasteiger partial charge on any atom is 0.134 e. The van der Waals surface area contributed by atoms with Gasteiger partial charge in [-0.25, -0.2) is 0 Å². The standard InChI is InChI=1S/C16H19ClOS/c1-3-4-5-12-6-8-13(9-7-12)15(17)16-14(18-2)10-11-19-16/h6-11,15H,3-5H2,1-2H3. The molecule has 0 aliphatic carbocycles. The average molecular weight is 295 g/mol. The van der Waals surface area contributed by atoms with E-state index in [1.807, 2.05) is 11.4 Å². The van der Waals surface area contributed by atoms with E-state index < -0.39 is 0 Å². The van der Waals surface area contributed by atoms with Crippen molar-refractivity contribution in [2.45, 2.75) is 31.6 Å². The van der Waals surface area contributed by atoms with Gasteiger partial charge in [-0.3, -0.25) is 0 Å². The molecule has 0 saturated heterocycles. The number of ether oxygens (including phenoxy) is 1. The Bertz CT molecular complexity index is 504. The van der Waals surface area contributed by atoms with E-state index in [4.69, 9.17) is 16.3 Å². The highest BCUT2D eigenvalue weighted by molar-refractivity contribution is 7.10. The summed E-state index contributed by atoms with van der Waals surface area (Å²) in [4.78, 5) is 1.07. The normalized spacial score (nSPS) is 12.4.